The summed E-state index contributed by atoms with van der Waals surface area (Å²) in [4.78, 5) is 13.1. The van der Waals surface area contributed by atoms with E-state index in [1.54, 1.807) is 7.11 Å². The molecule has 166 valence electrons. The molecular formula is C23H21N7O3. The Hall–Kier alpha value is -4.86. The van der Waals surface area contributed by atoms with Crippen molar-refractivity contribution in [2.24, 2.45) is 5.10 Å². The minimum absolute atomic E-state index is 0.0408. The van der Waals surface area contributed by atoms with Gasteiger partial charge in [-0.05, 0) is 48.5 Å². The molecule has 1 heterocycles. The summed E-state index contributed by atoms with van der Waals surface area (Å²) in [5, 5.41) is 29.6. The Labute approximate surface area is 189 Å². The second kappa shape index (κ2) is 9.96. The fourth-order valence-corrected chi connectivity index (χ4v) is 2.79. The number of hydrogen-bond acceptors (Lipinski definition) is 10. The van der Waals surface area contributed by atoms with Gasteiger partial charge in [-0.3, -0.25) is 0 Å². The number of nitrogens with one attached hydrogen (secondary N) is 3. The normalized spacial score (nSPS) is 10.7. The summed E-state index contributed by atoms with van der Waals surface area (Å²) in [6.45, 7) is 0. The number of phenolic OH excluding ortho intramolecular Hbond substituents is 2. The Kier molecular flexibility index (Phi) is 6.45. The lowest BCUT2D eigenvalue weighted by molar-refractivity contribution is 0.415. The van der Waals surface area contributed by atoms with Gasteiger partial charge in [-0.15, -0.1) is 0 Å². The van der Waals surface area contributed by atoms with Gasteiger partial charge in [0.25, 0.3) is 0 Å². The smallest absolute Gasteiger partial charge is 0.250 e. The van der Waals surface area contributed by atoms with Crippen molar-refractivity contribution in [3.63, 3.8) is 0 Å². The van der Waals surface area contributed by atoms with Gasteiger partial charge >= 0.3 is 0 Å². The molecule has 0 saturated carbocycles. The number of hydrogen-bond donors (Lipinski definition) is 5. The van der Waals surface area contributed by atoms with E-state index < -0.39 is 0 Å². The Bertz CT molecular complexity index is 1250. The topological polar surface area (TPSA) is 137 Å². The molecule has 33 heavy (non-hydrogen) atoms. The van der Waals surface area contributed by atoms with Crippen molar-refractivity contribution in [3.8, 4) is 17.2 Å². The fourth-order valence-electron chi connectivity index (χ4n) is 2.79. The van der Waals surface area contributed by atoms with Crippen LogP contribution in [0.15, 0.2) is 77.9 Å². The maximum absolute atomic E-state index is 9.89. The van der Waals surface area contributed by atoms with Crippen LogP contribution < -0.4 is 20.8 Å². The van der Waals surface area contributed by atoms with E-state index in [9.17, 15) is 10.2 Å². The van der Waals surface area contributed by atoms with Crippen LogP contribution in [0.4, 0.5) is 29.2 Å². The number of ether oxygens (including phenoxy) is 1. The van der Waals surface area contributed by atoms with Gasteiger partial charge in [-0.1, -0.05) is 18.2 Å². The minimum Gasteiger partial charge on any atom is -0.508 e. The van der Waals surface area contributed by atoms with Crippen LogP contribution >= 0.6 is 0 Å². The summed E-state index contributed by atoms with van der Waals surface area (Å²) in [6.07, 6.45) is 1.39. The molecular weight excluding hydrogens is 422 g/mol. The molecule has 0 spiro atoms. The molecule has 1 aromatic heterocycles. The maximum atomic E-state index is 9.89. The zero-order valence-corrected chi connectivity index (χ0v) is 17.6. The van der Waals surface area contributed by atoms with E-state index in [0.717, 1.165) is 17.1 Å². The highest BCUT2D eigenvalue weighted by Crippen LogP contribution is 2.22. The molecule has 0 fully saturated rings. The van der Waals surface area contributed by atoms with Gasteiger partial charge in [-0.2, -0.15) is 20.1 Å². The van der Waals surface area contributed by atoms with E-state index >= 15 is 0 Å². The van der Waals surface area contributed by atoms with Crippen LogP contribution in [0.5, 0.6) is 17.2 Å². The number of aromatic nitrogens is 3. The predicted octanol–water partition coefficient (Wildman–Crippen LogP) is 4.22. The van der Waals surface area contributed by atoms with Gasteiger partial charge < -0.3 is 25.6 Å². The molecule has 0 saturated heterocycles. The summed E-state index contributed by atoms with van der Waals surface area (Å²) in [7, 11) is 1.60. The van der Waals surface area contributed by atoms with Crippen molar-refractivity contribution < 1.29 is 14.9 Å². The summed E-state index contributed by atoms with van der Waals surface area (Å²) < 4.78 is 5.18. The van der Waals surface area contributed by atoms with Crippen molar-refractivity contribution in [3.05, 3.63) is 78.4 Å². The number of rotatable bonds is 8. The molecule has 0 bridgehead atoms. The minimum atomic E-state index is -0.107. The molecule has 4 aromatic rings. The van der Waals surface area contributed by atoms with Gasteiger partial charge in [0.05, 0.1) is 13.3 Å². The Morgan fingerprint density at radius 2 is 1.42 bits per heavy atom. The molecule has 0 aliphatic carbocycles. The largest absolute Gasteiger partial charge is 0.508 e. The van der Waals surface area contributed by atoms with E-state index in [2.05, 4.69) is 36.1 Å². The van der Waals surface area contributed by atoms with Crippen LogP contribution in [0.2, 0.25) is 0 Å². The predicted molar refractivity (Wildman–Crippen MR) is 127 cm³/mol. The lowest BCUT2D eigenvalue weighted by Gasteiger charge is -2.10. The van der Waals surface area contributed by atoms with Crippen molar-refractivity contribution >= 4 is 35.4 Å². The molecule has 0 atom stereocenters. The molecule has 10 heteroatoms. The second-order valence-electron chi connectivity index (χ2n) is 6.76. The third kappa shape index (κ3) is 5.85. The monoisotopic (exact) mass is 443 g/mol. The lowest BCUT2D eigenvalue weighted by atomic mass is 10.2. The van der Waals surface area contributed by atoms with Crippen molar-refractivity contribution in [2.75, 3.05) is 23.2 Å². The third-order valence-corrected chi connectivity index (χ3v) is 4.39. The van der Waals surface area contributed by atoms with Crippen molar-refractivity contribution in [1.82, 2.24) is 15.0 Å². The number of hydrazone groups is 1. The molecule has 0 aliphatic rings. The summed E-state index contributed by atoms with van der Waals surface area (Å²) in [6, 6.07) is 21.0. The first kappa shape index (κ1) is 21.4. The molecule has 3 aromatic carbocycles. The number of methoxy groups -OCH3 is 1. The Balaban J connectivity index is 1.57. The Morgan fingerprint density at radius 1 is 0.788 bits per heavy atom. The summed E-state index contributed by atoms with van der Waals surface area (Å²) in [5.41, 5.74) is 4.72. The zero-order chi connectivity index (χ0) is 23.0. The molecule has 0 amide bonds. The first-order chi connectivity index (χ1) is 16.1. The standard InChI is InChI=1S/C23H21N7O3/c1-33-19-11-8-17(9-12-19)26-22-27-21(25-16-5-3-2-4-6-16)28-23(29-22)30-24-14-15-7-10-18(31)13-20(15)32/h2-14,31-32H,1H3,(H3,25,26,27,28,29,30). The van der Waals surface area contributed by atoms with E-state index in [-0.39, 0.29) is 17.4 Å². The van der Waals surface area contributed by atoms with Crippen LogP contribution in [-0.2, 0) is 0 Å². The number of anilines is 5. The highest BCUT2D eigenvalue weighted by atomic mass is 16.5. The van der Waals surface area contributed by atoms with Crippen molar-refractivity contribution in [2.45, 2.75) is 0 Å². The van der Waals surface area contributed by atoms with Crippen molar-refractivity contribution in [1.29, 1.82) is 0 Å². The quantitative estimate of drug-likeness (QED) is 0.200. The van der Waals surface area contributed by atoms with Crippen LogP contribution in [0.1, 0.15) is 5.56 Å². The summed E-state index contributed by atoms with van der Waals surface area (Å²) >= 11 is 0. The summed E-state index contributed by atoms with van der Waals surface area (Å²) in [5.74, 6) is 1.35. The molecule has 5 N–H and O–H groups in total. The first-order valence-corrected chi connectivity index (χ1v) is 9.89. The molecule has 0 aliphatic heterocycles. The fraction of sp³-hybridized carbons (Fsp3) is 0.0435. The van der Waals surface area contributed by atoms with E-state index in [1.165, 1.54) is 24.4 Å². The zero-order valence-electron chi connectivity index (χ0n) is 17.6. The molecule has 10 nitrogen and oxygen atoms in total. The van der Waals surface area contributed by atoms with E-state index in [4.69, 9.17) is 4.74 Å². The van der Waals surface area contributed by atoms with Gasteiger partial charge in [-0.25, -0.2) is 5.43 Å². The van der Waals surface area contributed by atoms with Crippen LogP contribution in [0.25, 0.3) is 0 Å². The van der Waals surface area contributed by atoms with Gasteiger partial charge in [0.2, 0.25) is 17.8 Å². The maximum Gasteiger partial charge on any atom is 0.250 e. The Morgan fingerprint density at radius 3 is 2.06 bits per heavy atom. The van der Waals surface area contributed by atoms with Crippen LogP contribution in [-0.4, -0.2) is 38.5 Å². The van der Waals surface area contributed by atoms with Gasteiger partial charge in [0, 0.05) is 23.0 Å². The number of aromatic hydroxyl groups is 2. The number of phenols is 2. The highest BCUT2D eigenvalue weighted by molar-refractivity contribution is 5.84. The van der Waals surface area contributed by atoms with E-state index in [1.807, 2.05) is 54.6 Å². The average molecular weight is 443 g/mol. The SMILES string of the molecule is COc1ccc(Nc2nc(NN=Cc3ccc(O)cc3O)nc(Nc3ccccc3)n2)cc1. The number of nitrogens with zero attached hydrogens (tertiary/aromatic N) is 4. The van der Waals surface area contributed by atoms with Gasteiger partial charge in [0.1, 0.15) is 17.2 Å². The lowest BCUT2D eigenvalue weighted by Crippen LogP contribution is -2.07. The highest BCUT2D eigenvalue weighted by Gasteiger charge is 2.08. The van der Waals surface area contributed by atoms with E-state index in [0.29, 0.717) is 17.5 Å². The molecule has 0 radical (unpaired) electrons. The molecule has 4 rings (SSSR count). The second-order valence-corrected chi connectivity index (χ2v) is 6.76. The average Bonchev–Trinajstić information content (AvgIpc) is 2.81. The third-order valence-electron chi connectivity index (χ3n) is 4.39. The number of benzene rings is 3. The first-order valence-electron chi connectivity index (χ1n) is 9.89. The molecule has 0 unspecified atom stereocenters. The van der Waals surface area contributed by atoms with Gasteiger partial charge in [0.15, 0.2) is 0 Å². The van der Waals surface area contributed by atoms with Crippen LogP contribution in [0.3, 0.4) is 0 Å². The number of para-hydroxylation sites is 1. The van der Waals surface area contributed by atoms with Crippen LogP contribution in [0, 0.1) is 0 Å².